The molecule has 0 aromatic heterocycles. The second-order valence-corrected chi connectivity index (χ2v) is 6.87. The van der Waals surface area contributed by atoms with Gasteiger partial charge in [-0.1, -0.05) is 62.0 Å². The summed E-state index contributed by atoms with van der Waals surface area (Å²) in [6.07, 6.45) is 1.47. The van der Waals surface area contributed by atoms with Crippen molar-refractivity contribution in [2.75, 3.05) is 13.2 Å². The van der Waals surface area contributed by atoms with E-state index in [2.05, 4.69) is 17.2 Å². The average molecular weight is 394 g/mol. The van der Waals surface area contributed by atoms with E-state index in [-0.39, 0.29) is 6.61 Å². The summed E-state index contributed by atoms with van der Waals surface area (Å²) in [5.41, 5.74) is 2.12. The van der Waals surface area contributed by atoms with Crippen LogP contribution in [-0.4, -0.2) is 25.2 Å². The molecule has 1 saturated heterocycles. The van der Waals surface area contributed by atoms with Crippen LogP contribution in [0, 0.1) is 5.92 Å². The van der Waals surface area contributed by atoms with Crippen molar-refractivity contribution >= 4 is 12.0 Å². The minimum atomic E-state index is -0.755. The van der Waals surface area contributed by atoms with Gasteiger partial charge in [-0.2, -0.15) is 0 Å². The van der Waals surface area contributed by atoms with E-state index in [0.29, 0.717) is 24.5 Å². The molecule has 1 aliphatic rings. The number of rotatable bonds is 8. The van der Waals surface area contributed by atoms with Gasteiger partial charge in [-0.25, -0.2) is 4.79 Å². The summed E-state index contributed by atoms with van der Waals surface area (Å²) in [4.78, 5) is 25.0. The van der Waals surface area contributed by atoms with Crippen molar-refractivity contribution in [3.05, 3.63) is 78.0 Å². The van der Waals surface area contributed by atoms with Crippen molar-refractivity contribution in [3.63, 3.8) is 0 Å². The molecule has 0 bridgehead atoms. The molecule has 3 rings (SSSR count). The standard InChI is InChI=1S/C23H26N2O4/c1-3-14-28-19-12-8-7-11-18(19)21-20(16(2)24-23(27)25-21)22(26)29-15-13-17-9-5-4-6-10-17/h4-12,20-21H,2-3,13-15H2,1H3,(H2,24,25,27)/t20-,21-/m0/s1. The van der Waals surface area contributed by atoms with E-state index in [1.54, 1.807) is 0 Å². The summed E-state index contributed by atoms with van der Waals surface area (Å²) in [7, 11) is 0. The Morgan fingerprint density at radius 2 is 1.79 bits per heavy atom. The molecule has 0 radical (unpaired) electrons. The van der Waals surface area contributed by atoms with Gasteiger partial charge in [0.1, 0.15) is 11.7 Å². The largest absolute Gasteiger partial charge is 0.493 e. The highest BCUT2D eigenvalue weighted by Crippen LogP contribution is 2.35. The molecule has 29 heavy (non-hydrogen) atoms. The number of urea groups is 1. The fourth-order valence-electron chi connectivity index (χ4n) is 3.31. The Labute approximate surface area is 170 Å². The Morgan fingerprint density at radius 3 is 2.55 bits per heavy atom. The van der Waals surface area contributed by atoms with Gasteiger partial charge in [-0.3, -0.25) is 4.79 Å². The first-order valence-electron chi connectivity index (χ1n) is 9.78. The van der Waals surface area contributed by atoms with Crippen molar-refractivity contribution in [2.24, 2.45) is 5.92 Å². The first-order chi connectivity index (χ1) is 14.1. The van der Waals surface area contributed by atoms with Gasteiger partial charge in [0.15, 0.2) is 0 Å². The van der Waals surface area contributed by atoms with Crippen molar-refractivity contribution in [3.8, 4) is 5.75 Å². The Balaban J connectivity index is 1.76. The second-order valence-electron chi connectivity index (χ2n) is 6.87. The van der Waals surface area contributed by atoms with Crippen LogP contribution in [0.1, 0.15) is 30.5 Å². The first-order valence-corrected chi connectivity index (χ1v) is 9.78. The van der Waals surface area contributed by atoms with Gasteiger partial charge in [-0.15, -0.1) is 0 Å². The number of nitrogens with one attached hydrogen (secondary N) is 2. The molecule has 0 aliphatic carbocycles. The molecule has 2 atom stereocenters. The Kier molecular flexibility index (Phi) is 6.89. The van der Waals surface area contributed by atoms with Crippen LogP contribution in [0.2, 0.25) is 0 Å². The SMILES string of the molecule is C=C1NC(=O)N[C@@H](c2ccccc2OCCC)[C@H]1C(=O)OCCc1ccccc1. The van der Waals surface area contributed by atoms with Gasteiger partial charge >= 0.3 is 12.0 Å². The number of ether oxygens (including phenoxy) is 2. The topological polar surface area (TPSA) is 76.7 Å². The third-order valence-electron chi connectivity index (χ3n) is 4.72. The van der Waals surface area contributed by atoms with Crippen LogP contribution >= 0.6 is 0 Å². The maximum atomic E-state index is 12.9. The molecule has 2 N–H and O–H groups in total. The second kappa shape index (κ2) is 9.78. The van der Waals surface area contributed by atoms with Crippen LogP contribution in [0.4, 0.5) is 4.79 Å². The van der Waals surface area contributed by atoms with Crippen molar-refractivity contribution < 1.29 is 19.1 Å². The van der Waals surface area contributed by atoms with Crippen molar-refractivity contribution in [1.29, 1.82) is 0 Å². The maximum Gasteiger partial charge on any atom is 0.319 e. The summed E-state index contributed by atoms with van der Waals surface area (Å²) in [5, 5.41) is 5.42. The van der Waals surface area contributed by atoms with E-state index in [1.165, 1.54) is 0 Å². The highest BCUT2D eigenvalue weighted by Gasteiger charge is 2.40. The van der Waals surface area contributed by atoms with Crippen LogP contribution in [0.3, 0.4) is 0 Å². The predicted molar refractivity (Wildman–Crippen MR) is 110 cm³/mol. The zero-order chi connectivity index (χ0) is 20.6. The molecule has 0 spiro atoms. The van der Waals surface area contributed by atoms with E-state index in [9.17, 15) is 9.59 Å². The van der Waals surface area contributed by atoms with Crippen LogP contribution in [0.25, 0.3) is 0 Å². The summed E-state index contributed by atoms with van der Waals surface area (Å²) in [6, 6.07) is 16.2. The molecule has 0 saturated carbocycles. The fourth-order valence-corrected chi connectivity index (χ4v) is 3.31. The van der Waals surface area contributed by atoms with E-state index < -0.39 is 24.0 Å². The molecule has 6 heteroatoms. The van der Waals surface area contributed by atoms with Crippen LogP contribution in [0.5, 0.6) is 5.75 Å². The number of para-hydroxylation sites is 1. The van der Waals surface area contributed by atoms with E-state index in [0.717, 1.165) is 17.5 Å². The third-order valence-corrected chi connectivity index (χ3v) is 4.72. The van der Waals surface area contributed by atoms with Crippen molar-refractivity contribution in [2.45, 2.75) is 25.8 Å². The zero-order valence-electron chi connectivity index (χ0n) is 16.5. The first kappa shape index (κ1) is 20.5. The molecular weight excluding hydrogens is 368 g/mol. The molecule has 2 aromatic rings. The van der Waals surface area contributed by atoms with Crippen LogP contribution in [-0.2, 0) is 16.0 Å². The van der Waals surface area contributed by atoms with Gasteiger partial charge in [0.2, 0.25) is 0 Å². The number of esters is 1. The van der Waals surface area contributed by atoms with Crippen LogP contribution < -0.4 is 15.4 Å². The summed E-state index contributed by atoms with van der Waals surface area (Å²) in [5.74, 6) is -0.556. The van der Waals surface area contributed by atoms with E-state index in [1.807, 2.05) is 61.5 Å². The number of hydrogen-bond donors (Lipinski definition) is 2. The molecular formula is C23H26N2O4. The maximum absolute atomic E-state index is 12.9. The molecule has 1 fully saturated rings. The highest BCUT2D eigenvalue weighted by molar-refractivity contribution is 5.85. The van der Waals surface area contributed by atoms with Gasteiger partial charge in [-0.05, 0) is 18.1 Å². The van der Waals surface area contributed by atoms with E-state index in [4.69, 9.17) is 9.47 Å². The fraction of sp³-hybridized carbons (Fsp3) is 0.304. The molecule has 6 nitrogen and oxygen atoms in total. The summed E-state index contributed by atoms with van der Waals surface area (Å²) >= 11 is 0. The third kappa shape index (κ3) is 5.16. The lowest BCUT2D eigenvalue weighted by molar-refractivity contribution is -0.148. The number of benzene rings is 2. The Bertz CT molecular complexity index is 866. The summed E-state index contributed by atoms with van der Waals surface area (Å²) < 4.78 is 11.4. The molecule has 2 amide bonds. The van der Waals surface area contributed by atoms with Gasteiger partial charge < -0.3 is 20.1 Å². The average Bonchev–Trinajstić information content (AvgIpc) is 2.72. The molecule has 2 aromatic carbocycles. The lowest BCUT2D eigenvalue weighted by Crippen LogP contribution is -2.51. The molecule has 1 heterocycles. The lowest BCUT2D eigenvalue weighted by Gasteiger charge is -2.34. The van der Waals surface area contributed by atoms with E-state index >= 15 is 0 Å². The summed E-state index contributed by atoms with van der Waals surface area (Å²) in [6.45, 7) is 6.70. The normalized spacial score (nSPS) is 18.5. The highest BCUT2D eigenvalue weighted by atomic mass is 16.5. The minimum absolute atomic E-state index is 0.251. The van der Waals surface area contributed by atoms with Gasteiger partial charge in [0.25, 0.3) is 0 Å². The molecule has 1 aliphatic heterocycles. The van der Waals surface area contributed by atoms with Gasteiger partial charge in [0, 0.05) is 17.7 Å². The van der Waals surface area contributed by atoms with Crippen LogP contribution in [0.15, 0.2) is 66.9 Å². The Morgan fingerprint density at radius 1 is 1.07 bits per heavy atom. The van der Waals surface area contributed by atoms with Gasteiger partial charge in [0.05, 0.1) is 19.3 Å². The quantitative estimate of drug-likeness (QED) is 0.669. The number of amides is 2. The lowest BCUT2D eigenvalue weighted by atomic mass is 9.88. The number of hydrogen-bond acceptors (Lipinski definition) is 4. The molecule has 0 unspecified atom stereocenters. The predicted octanol–water partition coefficient (Wildman–Crippen LogP) is 3.75. The zero-order valence-corrected chi connectivity index (χ0v) is 16.5. The monoisotopic (exact) mass is 394 g/mol. The molecule has 152 valence electrons. The number of carbonyl (C=O) groups excluding carboxylic acids is 2. The Hall–Kier alpha value is -3.28. The smallest absolute Gasteiger partial charge is 0.319 e. The minimum Gasteiger partial charge on any atom is -0.493 e. The number of carbonyl (C=O) groups is 2. The van der Waals surface area contributed by atoms with Crippen molar-refractivity contribution in [1.82, 2.24) is 10.6 Å².